The molecule has 0 bridgehead atoms. The van der Waals surface area contributed by atoms with Crippen molar-refractivity contribution >= 4 is 5.91 Å². The Morgan fingerprint density at radius 3 is 2.62 bits per heavy atom. The van der Waals surface area contributed by atoms with E-state index in [0.29, 0.717) is 18.3 Å². The van der Waals surface area contributed by atoms with Crippen LogP contribution < -0.4 is 5.32 Å². The average molecular weight is 358 g/mol. The van der Waals surface area contributed by atoms with Gasteiger partial charge in [-0.2, -0.15) is 10.2 Å². The first-order valence-electron chi connectivity index (χ1n) is 9.46. The third-order valence-electron chi connectivity index (χ3n) is 4.93. The molecule has 1 N–H and O–H groups in total. The van der Waals surface area contributed by atoms with Gasteiger partial charge in [0.25, 0.3) is 5.91 Å². The zero-order valence-corrected chi connectivity index (χ0v) is 16.5. The highest BCUT2D eigenvalue weighted by Crippen LogP contribution is 2.16. The summed E-state index contributed by atoms with van der Waals surface area (Å²) in [5.41, 5.74) is 3.72. The van der Waals surface area contributed by atoms with Crippen molar-refractivity contribution in [2.24, 2.45) is 0 Å². The molecule has 3 rings (SSSR count). The molecule has 2 aromatic heterocycles. The molecule has 1 aliphatic rings. The third-order valence-corrected chi connectivity index (χ3v) is 4.93. The molecule has 0 radical (unpaired) electrons. The van der Waals surface area contributed by atoms with Crippen LogP contribution in [0.15, 0.2) is 12.1 Å². The minimum atomic E-state index is -0.115. The van der Waals surface area contributed by atoms with Crippen LogP contribution >= 0.6 is 0 Å². The number of rotatable bonds is 5. The molecule has 3 heterocycles. The fourth-order valence-corrected chi connectivity index (χ4v) is 3.50. The summed E-state index contributed by atoms with van der Waals surface area (Å²) in [6.07, 6.45) is 1.06. The topological polar surface area (TPSA) is 68.0 Å². The highest BCUT2D eigenvalue weighted by Gasteiger charge is 2.21. The number of nitrogens with zero attached hydrogens (tertiary/aromatic N) is 5. The first kappa shape index (κ1) is 18.6. The Labute approximate surface area is 155 Å². The van der Waals surface area contributed by atoms with Gasteiger partial charge >= 0.3 is 0 Å². The van der Waals surface area contributed by atoms with Gasteiger partial charge in [-0.15, -0.1) is 0 Å². The van der Waals surface area contributed by atoms with Gasteiger partial charge in [-0.25, -0.2) is 0 Å². The Bertz CT molecular complexity index is 775. The van der Waals surface area contributed by atoms with Crippen LogP contribution in [0.5, 0.6) is 0 Å². The van der Waals surface area contributed by atoms with Crippen LogP contribution in [0.1, 0.15) is 54.8 Å². The monoisotopic (exact) mass is 358 g/mol. The molecule has 0 aliphatic carbocycles. The van der Waals surface area contributed by atoms with E-state index in [1.807, 2.05) is 42.3 Å². The highest BCUT2D eigenvalue weighted by molar-refractivity contribution is 5.92. The number of hydrogen-bond acceptors (Lipinski definition) is 4. The number of carbonyl (C=O) groups excluding carboxylic acids is 1. The van der Waals surface area contributed by atoms with E-state index in [1.54, 1.807) is 0 Å². The Balaban J connectivity index is 1.65. The van der Waals surface area contributed by atoms with Gasteiger partial charge in [0.2, 0.25) is 0 Å². The van der Waals surface area contributed by atoms with Crippen molar-refractivity contribution in [1.29, 1.82) is 0 Å². The lowest BCUT2D eigenvalue weighted by Gasteiger charge is -2.23. The molecule has 26 heavy (non-hydrogen) atoms. The Morgan fingerprint density at radius 1 is 1.19 bits per heavy atom. The fourth-order valence-electron chi connectivity index (χ4n) is 3.50. The Hall–Kier alpha value is -2.15. The quantitative estimate of drug-likeness (QED) is 0.889. The van der Waals surface area contributed by atoms with Crippen LogP contribution in [0.25, 0.3) is 0 Å². The fraction of sp³-hybridized carbons (Fsp3) is 0.632. The molecule has 2 aromatic rings. The maximum Gasteiger partial charge on any atom is 0.272 e. The summed E-state index contributed by atoms with van der Waals surface area (Å²) in [6, 6.07) is 4.46. The summed E-state index contributed by atoms with van der Waals surface area (Å²) in [4.78, 5) is 15.0. The van der Waals surface area contributed by atoms with E-state index >= 15 is 0 Å². The highest BCUT2D eigenvalue weighted by atomic mass is 16.2. The van der Waals surface area contributed by atoms with E-state index in [0.717, 1.165) is 43.1 Å². The van der Waals surface area contributed by atoms with Crippen LogP contribution in [0.4, 0.5) is 0 Å². The number of fused-ring (bicyclic) bond motifs is 1. The van der Waals surface area contributed by atoms with Crippen LogP contribution in [-0.4, -0.2) is 49.0 Å². The van der Waals surface area contributed by atoms with Crippen molar-refractivity contribution in [1.82, 2.24) is 29.8 Å². The Morgan fingerprint density at radius 2 is 1.96 bits per heavy atom. The van der Waals surface area contributed by atoms with E-state index in [-0.39, 0.29) is 11.9 Å². The largest absolute Gasteiger partial charge is 0.346 e. The van der Waals surface area contributed by atoms with Crippen molar-refractivity contribution in [2.75, 3.05) is 6.54 Å². The van der Waals surface area contributed by atoms with E-state index in [9.17, 15) is 4.79 Å². The molecule has 7 heteroatoms. The van der Waals surface area contributed by atoms with Gasteiger partial charge in [0.1, 0.15) is 0 Å². The lowest BCUT2D eigenvalue weighted by atomic mass is 10.2. The number of carbonyl (C=O) groups is 1. The molecule has 0 unspecified atom stereocenters. The minimum Gasteiger partial charge on any atom is -0.346 e. The smallest absolute Gasteiger partial charge is 0.272 e. The molecule has 1 amide bonds. The van der Waals surface area contributed by atoms with E-state index in [2.05, 4.69) is 34.3 Å². The van der Waals surface area contributed by atoms with Gasteiger partial charge in [-0.3, -0.25) is 19.1 Å². The number of aromatic nitrogens is 4. The van der Waals surface area contributed by atoms with Gasteiger partial charge in [0.15, 0.2) is 5.69 Å². The third kappa shape index (κ3) is 4.15. The van der Waals surface area contributed by atoms with Gasteiger partial charge in [-0.05, 0) is 53.2 Å². The number of nitrogens with one attached hydrogen (secondary N) is 1. The summed E-state index contributed by atoms with van der Waals surface area (Å²) in [5, 5.41) is 12.1. The number of aryl methyl sites for hydroxylation is 3. The van der Waals surface area contributed by atoms with Gasteiger partial charge in [0.05, 0.1) is 17.9 Å². The second-order valence-electron chi connectivity index (χ2n) is 7.65. The number of hydrogen-bond donors (Lipinski definition) is 1. The molecular formula is C19H30N6O. The minimum absolute atomic E-state index is 0.0193. The predicted molar refractivity (Wildman–Crippen MR) is 101 cm³/mol. The lowest BCUT2D eigenvalue weighted by Crippen LogP contribution is -2.36. The van der Waals surface area contributed by atoms with Crippen molar-refractivity contribution in [2.45, 2.75) is 72.8 Å². The standard InChI is InChI=1S/C19H30N6O/c1-13(2)23-7-6-8-24-17(12-23)10-18(22-24)19(26)20-15(4)11-25-16(5)9-14(3)21-25/h9-10,13,15H,6-8,11-12H2,1-5H3,(H,20,26)/t15-/m0/s1. The molecule has 0 saturated heterocycles. The average Bonchev–Trinajstić information content (AvgIpc) is 3.02. The summed E-state index contributed by atoms with van der Waals surface area (Å²) in [7, 11) is 0. The van der Waals surface area contributed by atoms with Crippen molar-refractivity contribution < 1.29 is 4.79 Å². The summed E-state index contributed by atoms with van der Waals surface area (Å²) in [6.45, 7) is 13.9. The van der Waals surface area contributed by atoms with Crippen molar-refractivity contribution in [3.05, 3.63) is 34.9 Å². The van der Waals surface area contributed by atoms with Crippen LogP contribution in [0.2, 0.25) is 0 Å². The SMILES string of the molecule is Cc1cc(C)n(C[C@H](C)NC(=O)c2cc3n(n2)CCCN(C(C)C)C3)n1. The molecule has 0 spiro atoms. The zero-order valence-electron chi connectivity index (χ0n) is 16.5. The van der Waals surface area contributed by atoms with E-state index < -0.39 is 0 Å². The maximum atomic E-state index is 12.6. The maximum absolute atomic E-state index is 12.6. The Kier molecular flexibility index (Phi) is 5.46. The summed E-state index contributed by atoms with van der Waals surface area (Å²) >= 11 is 0. The lowest BCUT2D eigenvalue weighted by molar-refractivity contribution is 0.0930. The molecule has 7 nitrogen and oxygen atoms in total. The molecule has 142 valence electrons. The molecule has 0 fully saturated rings. The molecule has 1 aliphatic heterocycles. The first-order valence-corrected chi connectivity index (χ1v) is 9.46. The van der Waals surface area contributed by atoms with E-state index in [1.165, 1.54) is 0 Å². The summed E-state index contributed by atoms with van der Waals surface area (Å²) < 4.78 is 3.92. The predicted octanol–water partition coefficient (Wildman–Crippen LogP) is 2.13. The zero-order chi connectivity index (χ0) is 18.8. The van der Waals surface area contributed by atoms with Gasteiger partial charge in [0, 0.05) is 37.4 Å². The van der Waals surface area contributed by atoms with Crippen LogP contribution in [0.3, 0.4) is 0 Å². The van der Waals surface area contributed by atoms with Crippen molar-refractivity contribution in [3.63, 3.8) is 0 Å². The second kappa shape index (κ2) is 7.61. The second-order valence-corrected chi connectivity index (χ2v) is 7.65. The molecule has 0 saturated carbocycles. The number of amides is 1. The summed E-state index contributed by atoms with van der Waals surface area (Å²) in [5.74, 6) is -0.115. The van der Waals surface area contributed by atoms with Gasteiger partial charge in [-0.1, -0.05) is 0 Å². The normalized spacial score (nSPS) is 16.4. The van der Waals surface area contributed by atoms with Crippen LogP contribution in [-0.2, 0) is 19.6 Å². The van der Waals surface area contributed by atoms with Crippen molar-refractivity contribution in [3.8, 4) is 0 Å². The molecule has 1 atom stereocenters. The first-order chi connectivity index (χ1) is 12.3. The van der Waals surface area contributed by atoms with Gasteiger partial charge < -0.3 is 5.32 Å². The van der Waals surface area contributed by atoms with E-state index in [4.69, 9.17) is 0 Å². The van der Waals surface area contributed by atoms with Crippen LogP contribution in [0, 0.1) is 13.8 Å². The molecular weight excluding hydrogens is 328 g/mol. The molecule has 0 aromatic carbocycles.